The molecule has 0 N–H and O–H groups in total. The number of hydrogen-bond donors (Lipinski definition) is 1. The monoisotopic (exact) mass is 198 g/mol. The van der Waals surface area contributed by atoms with E-state index in [0.717, 1.165) is 0 Å². The molecule has 0 fully saturated rings. The maximum Gasteiger partial charge on any atom is 0.454 e. The molecule has 0 spiro atoms. The van der Waals surface area contributed by atoms with Gasteiger partial charge in [0.15, 0.2) is 0 Å². The normalized spacial score (nSPS) is 14.0. The largest absolute Gasteiger partial charge is 0.454 e. The van der Waals surface area contributed by atoms with E-state index in [1.807, 2.05) is 0 Å². The Morgan fingerprint density at radius 3 is 1.45 bits per heavy atom. The first-order valence-electron chi connectivity index (χ1n) is 2.23. The SMILES string of the molecule is O=[SH](=O)CC(F)(F)C(F)(F)F. The third-order valence-electron chi connectivity index (χ3n) is 0.742. The molecule has 0 unspecified atom stereocenters. The first-order valence-corrected chi connectivity index (χ1v) is 3.59. The number of rotatable bonds is 2. The van der Waals surface area contributed by atoms with Crippen molar-refractivity contribution in [2.45, 2.75) is 12.1 Å². The lowest BCUT2D eigenvalue weighted by atomic mass is 10.4. The first-order chi connectivity index (χ1) is 4.67. The highest BCUT2D eigenvalue weighted by molar-refractivity contribution is 7.72. The van der Waals surface area contributed by atoms with Gasteiger partial charge in [-0.2, -0.15) is 22.0 Å². The Bertz CT molecular complexity index is 196. The molecule has 0 aromatic carbocycles. The van der Waals surface area contributed by atoms with Gasteiger partial charge in [0.05, 0.1) is 0 Å². The molecule has 0 aliphatic carbocycles. The zero-order valence-electron chi connectivity index (χ0n) is 4.86. The van der Waals surface area contributed by atoms with Gasteiger partial charge in [-0.25, -0.2) is 8.42 Å². The lowest BCUT2D eigenvalue weighted by Crippen LogP contribution is -2.40. The van der Waals surface area contributed by atoms with E-state index >= 15 is 0 Å². The van der Waals surface area contributed by atoms with Crippen LogP contribution < -0.4 is 0 Å². The van der Waals surface area contributed by atoms with Crippen LogP contribution in [-0.4, -0.2) is 26.3 Å². The topological polar surface area (TPSA) is 34.1 Å². The third-order valence-corrected chi connectivity index (χ3v) is 1.40. The molecule has 8 heteroatoms. The summed E-state index contributed by atoms with van der Waals surface area (Å²) < 4.78 is 75.9. The fraction of sp³-hybridized carbons (Fsp3) is 1.00. The van der Waals surface area contributed by atoms with Crippen molar-refractivity contribution >= 4 is 10.7 Å². The van der Waals surface area contributed by atoms with Gasteiger partial charge in [-0.1, -0.05) is 0 Å². The molecule has 2 nitrogen and oxygen atoms in total. The van der Waals surface area contributed by atoms with E-state index in [0.29, 0.717) is 0 Å². The van der Waals surface area contributed by atoms with Crippen LogP contribution in [-0.2, 0) is 10.7 Å². The lowest BCUT2D eigenvalue weighted by Gasteiger charge is -2.15. The van der Waals surface area contributed by atoms with Crippen molar-refractivity contribution in [1.82, 2.24) is 0 Å². The molecule has 0 atom stereocenters. The van der Waals surface area contributed by atoms with Gasteiger partial charge in [0, 0.05) is 0 Å². The molecular formula is C3H3F5O2S. The quantitative estimate of drug-likeness (QED) is 0.526. The molecule has 0 radical (unpaired) electrons. The summed E-state index contributed by atoms with van der Waals surface area (Å²) in [6.07, 6.45) is -5.79. The molecule has 11 heavy (non-hydrogen) atoms. The van der Waals surface area contributed by atoms with Crippen molar-refractivity contribution in [2.24, 2.45) is 0 Å². The summed E-state index contributed by atoms with van der Waals surface area (Å²) in [7, 11) is -3.72. The Hall–Kier alpha value is -0.400. The van der Waals surface area contributed by atoms with E-state index in [-0.39, 0.29) is 0 Å². The predicted molar refractivity (Wildman–Crippen MR) is 26.2 cm³/mol. The van der Waals surface area contributed by atoms with Crippen LogP contribution in [0, 0.1) is 0 Å². The molecule has 0 amide bonds. The van der Waals surface area contributed by atoms with Crippen molar-refractivity contribution in [3.63, 3.8) is 0 Å². The van der Waals surface area contributed by atoms with Gasteiger partial charge in [0.25, 0.3) is 0 Å². The average Bonchev–Trinajstić information content (AvgIpc) is 1.56. The number of hydrogen-bond acceptors (Lipinski definition) is 2. The molecule has 68 valence electrons. The third kappa shape index (κ3) is 3.00. The average molecular weight is 198 g/mol. The van der Waals surface area contributed by atoms with E-state index in [1.165, 1.54) is 0 Å². The standard InChI is InChI=1S/C3H3F5O2S/c4-2(5,1-11(9)10)3(6,7)8/h11H,1H2. The predicted octanol–water partition coefficient (Wildman–Crippen LogP) is 0.795. The second kappa shape index (κ2) is 2.92. The van der Waals surface area contributed by atoms with Crippen LogP contribution in [0.2, 0.25) is 0 Å². The zero-order chi connectivity index (χ0) is 9.28. The molecule has 0 rings (SSSR count). The molecule has 0 aliphatic heterocycles. The molecular weight excluding hydrogens is 195 g/mol. The number of halogens is 5. The highest BCUT2D eigenvalue weighted by Gasteiger charge is 2.57. The number of thiol groups is 1. The highest BCUT2D eigenvalue weighted by Crippen LogP contribution is 2.35. The van der Waals surface area contributed by atoms with Gasteiger partial charge in [-0.3, -0.25) is 0 Å². The van der Waals surface area contributed by atoms with E-state index in [2.05, 4.69) is 0 Å². The van der Waals surface area contributed by atoms with Crippen molar-refractivity contribution in [3.8, 4) is 0 Å². The Kier molecular flexibility index (Phi) is 2.81. The van der Waals surface area contributed by atoms with Crippen LogP contribution in [0.1, 0.15) is 0 Å². The van der Waals surface area contributed by atoms with Gasteiger partial charge in [0.2, 0.25) is 0 Å². The molecule has 0 aromatic rings. The van der Waals surface area contributed by atoms with E-state index in [9.17, 15) is 30.4 Å². The second-order valence-electron chi connectivity index (χ2n) is 1.69. The molecule has 0 heterocycles. The van der Waals surface area contributed by atoms with Crippen LogP contribution >= 0.6 is 0 Å². The van der Waals surface area contributed by atoms with Crippen LogP contribution in [0.4, 0.5) is 22.0 Å². The van der Waals surface area contributed by atoms with E-state index < -0.39 is 28.6 Å². The van der Waals surface area contributed by atoms with Crippen LogP contribution in [0.15, 0.2) is 0 Å². The van der Waals surface area contributed by atoms with E-state index in [4.69, 9.17) is 0 Å². The minimum atomic E-state index is -5.79. The first kappa shape index (κ1) is 10.6. The fourth-order valence-electron chi connectivity index (χ4n) is 0.252. The minimum Gasteiger partial charge on any atom is -0.232 e. The summed E-state index contributed by atoms with van der Waals surface area (Å²) in [6, 6.07) is 0. The lowest BCUT2D eigenvalue weighted by molar-refractivity contribution is -0.271. The second-order valence-corrected chi connectivity index (χ2v) is 2.67. The maximum absolute atomic E-state index is 11.7. The molecule has 0 saturated heterocycles. The van der Waals surface area contributed by atoms with Gasteiger partial charge < -0.3 is 0 Å². The summed E-state index contributed by atoms with van der Waals surface area (Å²) in [4.78, 5) is 0. The summed E-state index contributed by atoms with van der Waals surface area (Å²) in [6.45, 7) is 0. The number of alkyl halides is 5. The summed E-state index contributed by atoms with van der Waals surface area (Å²) in [5.41, 5.74) is 0. The van der Waals surface area contributed by atoms with Gasteiger partial charge in [-0.05, 0) is 0 Å². The van der Waals surface area contributed by atoms with Crippen molar-refractivity contribution in [3.05, 3.63) is 0 Å². The summed E-state index contributed by atoms with van der Waals surface area (Å²) in [5.74, 6) is -7.33. The molecule has 0 aliphatic rings. The van der Waals surface area contributed by atoms with Gasteiger partial charge in [0.1, 0.15) is 16.5 Å². The van der Waals surface area contributed by atoms with Crippen LogP contribution in [0.3, 0.4) is 0 Å². The Labute approximate surface area is 60.0 Å². The molecule has 0 bridgehead atoms. The van der Waals surface area contributed by atoms with Crippen LogP contribution in [0.25, 0.3) is 0 Å². The maximum atomic E-state index is 11.7. The zero-order valence-corrected chi connectivity index (χ0v) is 5.76. The Morgan fingerprint density at radius 2 is 1.36 bits per heavy atom. The fourth-order valence-corrected chi connectivity index (χ4v) is 0.755. The highest BCUT2D eigenvalue weighted by atomic mass is 32.2. The van der Waals surface area contributed by atoms with Crippen molar-refractivity contribution in [1.29, 1.82) is 0 Å². The van der Waals surface area contributed by atoms with Crippen molar-refractivity contribution in [2.75, 3.05) is 5.75 Å². The Balaban J connectivity index is 4.47. The summed E-state index contributed by atoms with van der Waals surface area (Å²) >= 11 is 0. The van der Waals surface area contributed by atoms with Gasteiger partial charge >= 0.3 is 12.1 Å². The van der Waals surface area contributed by atoms with Gasteiger partial charge in [-0.15, -0.1) is 0 Å². The molecule has 0 aromatic heterocycles. The van der Waals surface area contributed by atoms with E-state index in [1.54, 1.807) is 0 Å². The smallest absolute Gasteiger partial charge is 0.232 e. The minimum absolute atomic E-state index is 2.19. The van der Waals surface area contributed by atoms with Crippen molar-refractivity contribution < 1.29 is 30.4 Å². The Morgan fingerprint density at radius 1 is 1.00 bits per heavy atom. The summed E-state index contributed by atoms with van der Waals surface area (Å²) in [5, 5.41) is 0. The molecule has 0 saturated carbocycles. The van der Waals surface area contributed by atoms with Crippen LogP contribution in [0.5, 0.6) is 0 Å².